The van der Waals surface area contributed by atoms with Gasteiger partial charge in [-0.3, -0.25) is 0 Å². The van der Waals surface area contributed by atoms with Crippen molar-refractivity contribution in [1.29, 1.82) is 0 Å². The van der Waals surface area contributed by atoms with Gasteiger partial charge in [0, 0.05) is 68.9 Å². The maximum atomic E-state index is 8.68. The van der Waals surface area contributed by atoms with Crippen LogP contribution in [-0.4, -0.2) is 72.3 Å². The summed E-state index contributed by atoms with van der Waals surface area (Å²) in [6, 6.07) is 0. The van der Waals surface area contributed by atoms with Crippen LogP contribution in [0.4, 0.5) is 0 Å². The number of hydrogen-bond acceptors (Lipinski definition) is 3. The molecule has 0 aromatic rings. The third kappa shape index (κ3) is 20.4. The fourth-order valence-electron chi connectivity index (χ4n) is 0. The van der Waals surface area contributed by atoms with Gasteiger partial charge < -0.3 is 6.87 Å². The predicted molar refractivity (Wildman–Crippen MR) is 7.97 cm³/mol. The van der Waals surface area contributed by atoms with Gasteiger partial charge in [-0.15, -0.1) is 0 Å². The van der Waals surface area contributed by atoms with Crippen molar-refractivity contribution >= 4 is 68.9 Å². The Morgan fingerprint density at radius 2 is 1.40 bits per heavy atom. The minimum Gasteiger partial charge on any atom is -0.396 e. The van der Waals surface area contributed by atoms with E-state index in [0.29, 0.717) is 0 Å². The summed E-state index contributed by atoms with van der Waals surface area (Å²) < 4.78 is 24.5. The zero-order valence-corrected chi connectivity index (χ0v) is 11.1. The van der Waals surface area contributed by atoms with Crippen LogP contribution in [0.5, 0.6) is 0 Å². The molecule has 0 aliphatic heterocycles. The zero-order valence-electron chi connectivity index (χ0n) is 2.64. The molecule has 0 rings (SSSR count). The molecular formula is HCsIO3. The van der Waals surface area contributed by atoms with E-state index in [0.717, 1.165) is 0 Å². The van der Waals surface area contributed by atoms with E-state index >= 15 is 0 Å². The molecule has 0 amide bonds. The molecule has 0 heterocycles. The molecule has 5 heavy (non-hydrogen) atoms. The average molecular weight is 309 g/mol. The Morgan fingerprint density at radius 3 is 1.40 bits per heavy atom. The second kappa shape index (κ2) is 6.66. The standard InChI is InChI=1S/Cs.HIO3/c;2-1(3)4/h;2H. The van der Waals surface area contributed by atoms with E-state index in [1.54, 1.807) is 0 Å². The first-order valence-electron chi connectivity index (χ1n) is 0.478. The summed E-state index contributed by atoms with van der Waals surface area (Å²) in [5, 5.41) is 0. The number of rotatable bonds is 0. The first kappa shape index (κ1) is 10.6. The van der Waals surface area contributed by atoms with Crippen molar-refractivity contribution in [3.05, 3.63) is 0 Å². The molecule has 3 nitrogen and oxygen atoms in total. The maximum Gasteiger partial charge on any atom is 0.503 e. The summed E-state index contributed by atoms with van der Waals surface area (Å²) in [6.45, 7) is 0. The van der Waals surface area contributed by atoms with Crippen LogP contribution in [0.15, 0.2) is 0 Å². The molecule has 0 saturated carbocycles. The van der Waals surface area contributed by atoms with Crippen LogP contribution in [0.25, 0.3) is 0 Å². The second-order valence-corrected chi connectivity index (χ2v) is 1.35. The maximum absolute atomic E-state index is 8.68. The summed E-state index contributed by atoms with van der Waals surface area (Å²) >= 11 is -3.76. The van der Waals surface area contributed by atoms with E-state index < -0.39 is 21.1 Å². The van der Waals surface area contributed by atoms with Gasteiger partial charge in [-0.25, -0.2) is 0 Å². The van der Waals surface area contributed by atoms with Gasteiger partial charge in [0.15, 0.2) is 0 Å². The van der Waals surface area contributed by atoms with Gasteiger partial charge in [0.05, 0.1) is 0 Å². The first-order valence-corrected chi connectivity index (χ1v) is 3.20. The summed E-state index contributed by atoms with van der Waals surface area (Å²) in [6.07, 6.45) is 0. The Hall–Kier alpha value is 2.66. The number of halogens is 1. The van der Waals surface area contributed by atoms with Gasteiger partial charge in [-0.1, -0.05) is 0 Å². The molecule has 1 N–H and O–H groups in total. The molecule has 27 valence electrons. The van der Waals surface area contributed by atoms with Crippen molar-refractivity contribution in [3.63, 3.8) is 0 Å². The van der Waals surface area contributed by atoms with Crippen molar-refractivity contribution in [1.82, 2.24) is 0 Å². The summed E-state index contributed by atoms with van der Waals surface area (Å²) in [7, 11) is 0. The Kier molecular flexibility index (Phi) is 14.1. The molecule has 0 atom stereocenters. The molecule has 0 bridgehead atoms. The topological polar surface area (TPSA) is 66.3 Å². The molecule has 5 heteroatoms. The largest absolute Gasteiger partial charge is 0.503 e. The molecule has 0 unspecified atom stereocenters. The Morgan fingerprint density at radius 1 is 1.40 bits per heavy atom. The van der Waals surface area contributed by atoms with Gasteiger partial charge in [-0.2, -0.15) is 0 Å². The molecule has 1 radical (unpaired) electrons. The molecular weight excluding hydrogens is 308 g/mol. The quantitative estimate of drug-likeness (QED) is 0.453. The van der Waals surface area contributed by atoms with Gasteiger partial charge in [0.2, 0.25) is 0 Å². The predicted octanol–water partition coefficient (Wildman–Crippen LogP) is -6.31. The van der Waals surface area contributed by atoms with E-state index in [-0.39, 0.29) is 68.9 Å². The van der Waals surface area contributed by atoms with E-state index in [2.05, 4.69) is 0 Å². The third-order valence-electron chi connectivity index (χ3n) is 0. The van der Waals surface area contributed by atoms with E-state index in [1.807, 2.05) is 0 Å². The fraction of sp³-hybridized carbons (Fsp3) is 0. The van der Waals surface area contributed by atoms with Gasteiger partial charge in [0.1, 0.15) is 0 Å². The second-order valence-electron chi connectivity index (χ2n) is 0.201. The molecule has 0 spiro atoms. The van der Waals surface area contributed by atoms with Crippen LogP contribution < -0.4 is 27.9 Å². The van der Waals surface area contributed by atoms with Crippen molar-refractivity contribution in [2.24, 2.45) is 0 Å². The minimum atomic E-state index is -3.76. The van der Waals surface area contributed by atoms with Crippen LogP contribution in [-0.2, 0) is 0 Å². The minimum absolute atomic E-state index is 0. The fourth-order valence-corrected chi connectivity index (χ4v) is 0. The normalized spacial score (nSPS) is 7.20. The van der Waals surface area contributed by atoms with Crippen molar-refractivity contribution in [3.8, 4) is 0 Å². The van der Waals surface area contributed by atoms with Crippen molar-refractivity contribution in [2.45, 2.75) is 0 Å². The van der Waals surface area contributed by atoms with Crippen molar-refractivity contribution in [2.75, 3.05) is 0 Å². The number of hydrogen-bond donors (Lipinski definition) is 1. The third-order valence-corrected chi connectivity index (χ3v) is 0. The van der Waals surface area contributed by atoms with Gasteiger partial charge in [0.25, 0.3) is 0 Å². The van der Waals surface area contributed by atoms with E-state index in [4.69, 9.17) is 10.3 Å². The monoisotopic (exact) mass is 309 g/mol. The van der Waals surface area contributed by atoms with Gasteiger partial charge >= 0.3 is 21.1 Å². The van der Waals surface area contributed by atoms with E-state index in [1.165, 1.54) is 0 Å². The van der Waals surface area contributed by atoms with Crippen LogP contribution in [0.2, 0.25) is 0 Å². The van der Waals surface area contributed by atoms with Crippen molar-refractivity contribution < 1.29 is 31.4 Å². The Bertz CT molecular complexity index is 11.6. The average Bonchev–Trinajstić information content (AvgIpc) is 0.811. The Labute approximate surface area is 97.2 Å². The summed E-state index contributed by atoms with van der Waals surface area (Å²) in [5.41, 5.74) is 0. The molecule has 0 aromatic heterocycles. The first-order chi connectivity index (χ1) is 1.73. The molecule has 0 aliphatic rings. The van der Waals surface area contributed by atoms with Crippen LogP contribution in [0.1, 0.15) is 0 Å². The SMILES string of the molecule is [Cs].[O-][I+2]([O-])O. The zero-order chi connectivity index (χ0) is 3.58. The molecule has 0 saturated heterocycles. The summed E-state index contributed by atoms with van der Waals surface area (Å²) in [4.78, 5) is 0. The summed E-state index contributed by atoms with van der Waals surface area (Å²) in [5.74, 6) is 0. The molecule has 0 aliphatic carbocycles. The van der Waals surface area contributed by atoms with E-state index in [9.17, 15) is 0 Å². The van der Waals surface area contributed by atoms with Crippen LogP contribution in [0, 0.1) is 0 Å². The smallest absolute Gasteiger partial charge is 0.396 e. The van der Waals surface area contributed by atoms with Crippen LogP contribution >= 0.6 is 0 Å². The molecule has 0 fully saturated rings. The molecule has 0 aromatic carbocycles. The van der Waals surface area contributed by atoms with Gasteiger partial charge in [-0.05, 0) is 3.44 Å². The Balaban J connectivity index is 0. The van der Waals surface area contributed by atoms with Crippen LogP contribution in [0.3, 0.4) is 0 Å².